The zero-order valence-electron chi connectivity index (χ0n) is 10.1. The molecule has 2 aromatic rings. The van der Waals surface area contributed by atoms with E-state index in [2.05, 4.69) is 9.97 Å². The van der Waals surface area contributed by atoms with Crippen molar-refractivity contribution in [1.29, 1.82) is 0 Å². The van der Waals surface area contributed by atoms with Gasteiger partial charge >= 0.3 is 0 Å². The van der Waals surface area contributed by atoms with E-state index in [0.717, 1.165) is 30.6 Å². The SMILES string of the molecule is O=[N+]([O-])c1ccc(O)c(NS(=O)(=O)c2cnc(Cl)nc2)c1. The lowest BCUT2D eigenvalue weighted by atomic mass is 10.2. The standard InChI is InChI=1S/C10H7ClN4O5S/c11-10-12-4-7(5-13-10)21(19,20)14-8-3-6(15(17)18)1-2-9(8)16/h1-5,14,16H. The van der Waals surface area contributed by atoms with E-state index < -0.39 is 20.7 Å². The number of anilines is 1. The number of nitro benzene ring substituents is 1. The summed E-state index contributed by atoms with van der Waals surface area (Å²) in [6, 6.07) is 2.94. The van der Waals surface area contributed by atoms with Gasteiger partial charge in [0.05, 0.1) is 23.0 Å². The topological polar surface area (TPSA) is 135 Å². The highest BCUT2D eigenvalue weighted by Crippen LogP contribution is 2.29. The van der Waals surface area contributed by atoms with E-state index >= 15 is 0 Å². The number of phenols is 1. The quantitative estimate of drug-likeness (QED) is 0.375. The minimum absolute atomic E-state index is 0.132. The van der Waals surface area contributed by atoms with Crippen molar-refractivity contribution in [2.24, 2.45) is 0 Å². The Bertz CT molecular complexity index is 794. The molecule has 0 saturated carbocycles. The minimum Gasteiger partial charge on any atom is -0.506 e. The fourth-order valence-corrected chi connectivity index (χ4v) is 2.41. The molecule has 0 amide bonds. The van der Waals surface area contributed by atoms with Crippen molar-refractivity contribution in [2.75, 3.05) is 4.72 Å². The van der Waals surface area contributed by atoms with Gasteiger partial charge in [-0.3, -0.25) is 14.8 Å². The van der Waals surface area contributed by atoms with Gasteiger partial charge in [0.1, 0.15) is 10.6 Å². The summed E-state index contributed by atoms with van der Waals surface area (Å²) in [6.07, 6.45) is 1.93. The number of nitrogens with one attached hydrogen (secondary N) is 1. The van der Waals surface area contributed by atoms with Crippen LogP contribution < -0.4 is 4.72 Å². The number of sulfonamides is 1. The van der Waals surface area contributed by atoms with Gasteiger partial charge in [-0.1, -0.05) is 0 Å². The van der Waals surface area contributed by atoms with Crippen LogP contribution in [0.15, 0.2) is 35.5 Å². The van der Waals surface area contributed by atoms with Crippen LogP contribution in [0.5, 0.6) is 5.75 Å². The van der Waals surface area contributed by atoms with Crippen molar-refractivity contribution in [3.05, 3.63) is 46.0 Å². The maximum absolute atomic E-state index is 12.0. The van der Waals surface area contributed by atoms with Gasteiger partial charge in [0, 0.05) is 12.1 Å². The number of hydrogen-bond donors (Lipinski definition) is 2. The third kappa shape index (κ3) is 3.35. The molecule has 1 aromatic heterocycles. The van der Waals surface area contributed by atoms with E-state index in [1.165, 1.54) is 0 Å². The molecule has 11 heteroatoms. The number of hydrogen-bond acceptors (Lipinski definition) is 7. The maximum atomic E-state index is 12.0. The fourth-order valence-electron chi connectivity index (χ4n) is 1.36. The molecule has 0 aliphatic carbocycles. The molecule has 0 aliphatic rings. The summed E-state index contributed by atoms with van der Waals surface area (Å²) in [6.45, 7) is 0. The van der Waals surface area contributed by atoms with Gasteiger partial charge < -0.3 is 5.11 Å². The summed E-state index contributed by atoms with van der Waals surface area (Å²) in [7, 11) is -4.11. The lowest BCUT2D eigenvalue weighted by Crippen LogP contribution is -2.14. The molecule has 0 radical (unpaired) electrons. The molecule has 0 aliphatic heterocycles. The second kappa shape index (κ2) is 5.50. The van der Waals surface area contributed by atoms with Gasteiger partial charge in [-0.15, -0.1) is 0 Å². The predicted octanol–water partition coefficient (Wildman–Crippen LogP) is 1.54. The second-order valence-corrected chi connectivity index (χ2v) is 5.77. The molecule has 9 nitrogen and oxygen atoms in total. The Balaban J connectivity index is 2.38. The molecule has 0 unspecified atom stereocenters. The van der Waals surface area contributed by atoms with E-state index in [4.69, 9.17) is 11.6 Å². The summed E-state index contributed by atoms with van der Waals surface area (Å²) >= 11 is 5.45. The van der Waals surface area contributed by atoms with Crippen molar-refractivity contribution in [2.45, 2.75) is 4.90 Å². The molecule has 1 heterocycles. The normalized spacial score (nSPS) is 11.1. The Kier molecular flexibility index (Phi) is 3.91. The summed E-state index contributed by atoms with van der Waals surface area (Å²) in [5.74, 6) is -0.459. The van der Waals surface area contributed by atoms with Gasteiger partial charge in [0.2, 0.25) is 5.28 Å². The number of nitrogens with zero attached hydrogens (tertiary/aromatic N) is 3. The minimum atomic E-state index is -4.11. The first-order chi connectivity index (χ1) is 9.79. The third-order valence-corrected chi connectivity index (χ3v) is 3.86. The van der Waals surface area contributed by atoms with Crippen LogP contribution in [0.2, 0.25) is 5.28 Å². The second-order valence-electron chi connectivity index (χ2n) is 3.75. The first kappa shape index (κ1) is 14.9. The van der Waals surface area contributed by atoms with Crippen LogP contribution >= 0.6 is 11.6 Å². The van der Waals surface area contributed by atoms with Crippen molar-refractivity contribution >= 4 is 33.0 Å². The summed E-state index contributed by atoms with van der Waals surface area (Å²) in [4.78, 5) is 16.7. The molecule has 110 valence electrons. The summed E-state index contributed by atoms with van der Waals surface area (Å²) < 4.78 is 26.1. The number of benzene rings is 1. The Morgan fingerprint density at radius 3 is 2.48 bits per heavy atom. The molecule has 0 bridgehead atoms. The van der Waals surface area contributed by atoms with Crippen molar-refractivity contribution in [3.63, 3.8) is 0 Å². The fraction of sp³-hybridized carbons (Fsp3) is 0. The molecule has 2 N–H and O–H groups in total. The van der Waals surface area contributed by atoms with Gasteiger partial charge in [0.25, 0.3) is 15.7 Å². The van der Waals surface area contributed by atoms with Gasteiger partial charge in [-0.25, -0.2) is 18.4 Å². The van der Waals surface area contributed by atoms with E-state index in [1.807, 2.05) is 4.72 Å². The zero-order valence-corrected chi connectivity index (χ0v) is 11.7. The number of phenolic OH excluding ortho intramolecular Hbond substituents is 1. The first-order valence-electron chi connectivity index (χ1n) is 5.27. The molecule has 21 heavy (non-hydrogen) atoms. The van der Waals surface area contributed by atoms with E-state index in [1.54, 1.807) is 0 Å². The van der Waals surface area contributed by atoms with Crippen LogP contribution in [-0.4, -0.2) is 28.4 Å². The number of aromatic hydroxyl groups is 1. The van der Waals surface area contributed by atoms with Crippen LogP contribution in [0.3, 0.4) is 0 Å². The summed E-state index contributed by atoms with van der Waals surface area (Å²) in [5, 5.41) is 20.1. The van der Waals surface area contributed by atoms with Crippen LogP contribution in [0.4, 0.5) is 11.4 Å². The average Bonchev–Trinajstić information content (AvgIpc) is 2.41. The van der Waals surface area contributed by atoms with E-state index in [9.17, 15) is 23.6 Å². The number of rotatable bonds is 4. The van der Waals surface area contributed by atoms with Gasteiger partial charge in [-0.05, 0) is 17.7 Å². The molecule has 2 rings (SSSR count). The first-order valence-corrected chi connectivity index (χ1v) is 7.13. The third-order valence-electron chi connectivity index (χ3n) is 2.34. The molecule has 0 fully saturated rings. The molecule has 0 saturated heterocycles. The highest BCUT2D eigenvalue weighted by atomic mass is 35.5. The Morgan fingerprint density at radius 2 is 1.90 bits per heavy atom. The maximum Gasteiger partial charge on any atom is 0.271 e. The smallest absolute Gasteiger partial charge is 0.271 e. The molecule has 0 spiro atoms. The molecular weight excluding hydrogens is 324 g/mol. The Morgan fingerprint density at radius 1 is 1.29 bits per heavy atom. The van der Waals surface area contributed by atoms with Gasteiger partial charge in [0.15, 0.2) is 0 Å². The Labute approximate surface area is 123 Å². The highest BCUT2D eigenvalue weighted by Gasteiger charge is 2.19. The number of nitro groups is 1. The summed E-state index contributed by atoms with van der Waals surface area (Å²) in [5.41, 5.74) is -0.711. The number of aromatic nitrogens is 2. The van der Waals surface area contributed by atoms with Gasteiger partial charge in [-0.2, -0.15) is 0 Å². The number of halogens is 1. The van der Waals surface area contributed by atoms with Crippen molar-refractivity contribution in [1.82, 2.24) is 9.97 Å². The highest BCUT2D eigenvalue weighted by molar-refractivity contribution is 7.92. The average molecular weight is 331 g/mol. The molecule has 1 aromatic carbocycles. The largest absolute Gasteiger partial charge is 0.506 e. The molecular formula is C10H7ClN4O5S. The monoisotopic (exact) mass is 330 g/mol. The predicted molar refractivity (Wildman–Crippen MR) is 72.6 cm³/mol. The van der Waals surface area contributed by atoms with E-state index in [0.29, 0.717) is 0 Å². The van der Waals surface area contributed by atoms with Crippen LogP contribution in [0, 0.1) is 10.1 Å². The zero-order chi connectivity index (χ0) is 15.6. The lowest BCUT2D eigenvalue weighted by Gasteiger charge is -2.08. The van der Waals surface area contributed by atoms with Crippen LogP contribution in [0.25, 0.3) is 0 Å². The van der Waals surface area contributed by atoms with Crippen LogP contribution in [-0.2, 0) is 10.0 Å². The van der Waals surface area contributed by atoms with Crippen molar-refractivity contribution in [3.8, 4) is 5.75 Å². The van der Waals surface area contributed by atoms with Crippen LogP contribution in [0.1, 0.15) is 0 Å². The van der Waals surface area contributed by atoms with Crippen molar-refractivity contribution < 1.29 is 18.4 Å². The molecule has 0 atom stereocenters. The van der Waals surface area contributed by atoms with E-state index in [-0.39, 0.29) is 21.6 Å². The lowest BCUT2D eigenvalue weighted by molar-refractivity contribution is -0.384. The number of non-ortho nitro benzene ring substituents is 1. The Hall–Kier alpha value is -2.46.